The predicted octanol–water partition coefficient (Wildman–Crippen LogP) is 5.41. The summed E-state index contributed by atoms with van der Waals surface area (Å²) in [6.45, 7) is 4.87. The Morgan fingerprint density at radius 1 is 0.955 bits per heavy atom. The first kappa shape index (κ1) is 29.3. The quantitative estimate of drug-likeness (QED) is 0.187. The van der Waals surface area contributed by atoms with Crippen molar-refractivity contribution in [1.82, 2.24) is 19.4 Å². The standard InChI is InChI=1S/C34H33FN4O5/c1-41-32-20-27-29(21-33(32)43-15-5-12-38-13-16-42-17-14-38)37-11-10-30(27)44-31-9-8-26(19-28(31)35)39-23-36-22-25(34(39)40)18-24-6-3-2-4-7-24/h2-4,6-11,19-23H,5,12-18H2,1H3. The van der Waals surface area contributed by atoms with Gasteiger partial charge in [-0.2, -0.15) is 0 Å². The van der Waals surface area contributed by atoms with Crippen molar-refractivity contribution in [1.29, 1.82) is 0 Å². The monoisotopic (exact) mass is 596 g/mol. The van der Waals surface area contributed by atoms with Crippen LogP contribution in [0.4, 0.5) is 4.39 Å². The van der Waals surface area contributed by atoms with Gasteiger partial charge in [0.25, 0.3) is 5.56 Å². The number of fused-ring (bicyclic) bond motifs is 1. The summed E-state index contributed by atoms with van der Waals surface area (Å²) < 4.78 is 39.8. The highest BCUT2D eigenvalue weighted by Gasteiger charge is 2.16. The van der Waals surface area contributed by atoms with E-state index in [1.165, 1.54) is 23.0 Å². The summed E-state index contributed by atoms with van der Waals surface area (Å²) >= 11 is 0. The zero-order valence-electron chi connectivity index (χ0n) is 24.4. The van der Waals surface area contributed by atoms with Crippen LogP contribution in [-0.4, -0.2) is 66.0 Å². The largest absolute Gasteiger partial charge is 0.493 e. The predicted molar refractivity (Wildman–Crippen MR) is 165 cm³/mol. The molecule has 0 saturated carbocycles. The van der Waals surface area contributed by atoms with E-state index in [1.807, 2.05) is 30.3 Å². The lowest BCUT2D eigenvalue weighted by molar-refractivity contribution is 0.0357. The molecule has 5 aromatic rings. The summed E-state index contributed by atoms with van der Waals surface area (Å²) in [4.78, 5) is 24.2. The van der Waals surface area contributed by atoms with Gasteiger partial charge in [-0.15, -0.1) is 0 Å². The molecule has 9 nitrogen and oxygen atoms in total. The molecule has 2 aromatic heterocycles. The van der Waals surface area contributed by atoms with Crippen molar-refractivity contribution in [3.05, 3.63) is 113 Å². The minimum absolute atomic E-state index is 0.00473. The Labute approximate surface area is 254 Å². The lowest BCUT2D eigenvalue weighted by Gasteiger charge is -2.26. The molecule has 3 aromatic carbocycles. The summed E-state index contributed by atoms with van der Waals surface area (Å²) in [6, 6.07) is 19.3. The van der Waals surface area contributed by atoms with Crippen molar-refractivity contribution < 1.29 is 23.3 Å². The molecule has 1 saturated heterocycles. The van der Waals surface area contributed by atoms with Crippen LogP contribution in [-0.2, 0) is 11.2 Å². The molecule has 44 heavy (non-hydrogen) atoms. The molecule has 1 aliphatic heterocycles. The highest BCUT2D eigenvalue weighted by Crippen LogP contribution is 2.37. The van der Waals surface area contributed by atoms with Crippen molar-refractivity contribution in [2.24, 2.45) is 0 Å². The Hall–Kier alpha value is -4.80. The SMILES string of the molecule is COc1cc2c(Oc3ccc(-n4cncc(Cc5ccccc5)c4=O)cc3F)ccnc2cc1OCCCN1CCOCC1. The fourth-order valence-electron chi connectivity index (χ4n) is 5.20. The maximum absolute atomic E-state index is 15.4. The van der Waals surface area contributed by atoms with Crippen molar-refractivity contribution in [3.8, 4) is 28.7 Å². The number of hydrogen-bond acceptors (Lipinski definition) is 8. The van der Waals surface area contributed by atoms with E-state index in [0.717, 1.165) is 44.8 Å². The number of benzene rings is 3. The molecule has 1 fully saturated rings. The third-order valence-corrected chi connectivity index (χ3v) is 7.52. The Morgan fingerprint density at radius 2 is 1.80 bits per heavy atom. The van der Waals surface area contributed by atoms with Gasteiger partial charge in [-0.25, -0.2) is 9.37 Å². The van der Waals surface area contributed by atoms with E-state index in [4.69, 9.17) is 18.9 Å². The van der Waals surface area contributed by atoms with Gasteiger partial charge in [-0.3, -0.25) is 19.2 Å². The highest BCUT2D eigenvalue weighted by atomic mass is 19.1. The molecule has 0 unspecified atom stereocenters. The van der Waals surface area contributed by atoms with Crippen LogP contribution in [0.5, 0.6) is 23.0 Å². The number of ether oxygens (including phenoxy) is 4. The van der Waals surface area contributed by atoms with Gasteiger partial charge in [-0.05, 0) is 36.2 Å². The molecular formula is C34H33FN4O5. The Kier molecular flexibility index (Phi) is 9.09. The van der Waals surface area contributed by atoms with Gasteiger partial charge >= 0.3 is 0 Å². The third-order valence-electron chi connectivity index (χ3n) is 7.52. The smallest absolute Gasteiger partial charge is 0.261 e. The Morgan fingerprint density at radius 3 is 2.59 bits per heavy atom. The number of methoxy groups -OCH3 is 1. The Bertz CT molecular complexity index is 1790. The molecule has 0 bridgehead atoms. The van der Waals surface area contributed by atoms with Crippen LogP contribution in [0.2, 0.25) is 0 Å². The topological polar surface area (TPSA) is 87.9 Å². The molecule has 0 amide bonds. The van der Waals surface area contributed by atoms with Crippen LogP contribution in [0, 0.1) is 5.82 Å². The number of hydrogen-bond donors (Lipinski definition) is 0. The zero-order chi connectivity index (χ0) is 30.3. The average Bonchev–Trinajstić information content (AvgIpc) is 3.06. The molecule has 6 rings (SSSR count). The van der Waals surface area contributed by atoms with Crippen LogP contribution in [0.3, 0.4) is 0 Å². The molecule has 0 spiro atoms. The lowest BCUT2D eigenvalue weighted by atomic mass is 10.1. The maximum atomic E-state index is 15.4. The summed E-state index contributed by atoms with van der Waals surface area (Å²) in [7, 11) is 1.57. The van der Waals surface area contributed by atoms with E-state index in [-0.39, 0.29) is 11.3 Å². The fraction of sp³-hybridized carbons (Fsp3) is 0.265. The first-order valence-corrected chi connectivity index (χ1v) is 14.6. The summed E-state index contributed by atoms with van der Waals surface area (Å²) in [6.07, 6.45) is 5.83. The van der Waals surface area contributed by atoms with E-state index in [2.05, 4.69) is 14.9 Å². The minimum atomic E-state index is -0.625. The molecule has 0 atom stereocenters. The fourth-order valence-corrected chi connectivity index (χ4v) is 5.20. The molecule has 10 heteroatoms. The van der Waals surface area contributed by atoms with Crippen LogP contribution < -0.4 is 19.8 Å². The van der Waals surface area contributed by atoms with Gasteiger partial charge in [0, 0.05) is 61.5 Å². The Balaban J connectivity index is 1.18. The van der Waals surface area contributed by atoms with E-state index < -0.39 is 5.82 Å². The second-order valence-electron chi connectivity index (χ2n) is 10.5. The second-order valence-corrected chi connectivity index (χ2v) is 10.5. The number of aromatic nitrogens is 3. The summed E-state index contributed by atoms with van der Waals surface area (Å²) in [5.41, 5.74) is 2.21. The van der Waals surface area contributed by atoms with Crippen LogP contribution >= 0.6 is 0 Å². The number of rotatable bonds is 11. The van der Waals surface area contributed by atoms with Crippen molar-refractivity contribution in [2.45, 2.75) is 12.8 Å². The number of pyridine rings is 1. The molecule has 1 aliphatic rings. The van der Waals surface area contributed by atoms with Gasteiger partial charge in [0.2, 0.25) is 0 Å². The minimum Gasteiger partial charge on any atom is -0.493 e. The molecule has 226 valence electrons. The summed E-state index contributed by atoms with van der Waals surface area (Å²) in [5, 5.41) is 0.641. The van der Waals surface area contributed by atoms with Gasteiger partial charge in [-0.1, -0.05) is 30.3 Å². The number of morpholine rings is 1. The highest BCUT2D eigenvalue weighted by molar-refractivity contribution is 5.88. The average molecular weight is 597 g/mol. The van der Waals surface area contributed by atoms with E-state index >= 15 is 4.39 Å². The van der Waals surface area contributed by atoms with E-state index in [1.54, 1.807) is 43.8 Å². The van der Waals surface area contributed by atoms with Crippen LogP contribution in [0.15, 0.2) is 90.2 Å². The number of halogens is 1. The van der Waals surface area contributed by atoms with Gasteiger partial charge in [0.15, 0.2) is 23.1 Å². The normalized spacial score (nSPS) is 13.6. The van der Waals surface area contributed by atoms with E-state index in [0.29, 0.717) is 52.4 Å². The zero-order valence-corrected chi connectivity index (χ0v) is 24.4. The molecular weight excluding hydrogens is 563 g/mol. The van der Waals surface area contributed by atoms with Crippen LogP contribution in [0.1, 0.15) is 17.5 Å². The van der Waals surface area contributed by atoms with Gasteiger partial charge < -0.3 is 18.9 Å². The first-order chi connectivity index (χ1) is 21.6. The maximum Gasteiger partial charge on any atom is 0.261 e. The van der Waals surface area contributed by atoms with Crippen molar-refractivity contribution >= 4 is 10.9 Å². The lowest BCUT2D eigenvalue weighted by Crippen LogP contribution is -2.37. The molecule has 0 N–H and O–H groups in total. The molecule has 0 aliphatic carbocycles. The first-order valence-electron chi connectivity index (χ1n) is 14.6. The van der Waals surface area contributed by atoms with Gasteiger partial charge in [0.1, 0.15) is 12.1 Å². The summed E-state index contributed by atoms with van der Waals surface area (Å²) in [5.74, 6) is 0.892. The van der Waals surface area contributed by atoms with E-state index in [9.17, 15) is 4.79 Å². The van der Waals surface area contributed by atoms with Gasteiger partial charge in [0.05, 0.1) is 38.1 Å². The number of nitrogens with zero attached hydrogens (tertiary/aromatic N) is 4. The third kappa shape index (κ3) is 6.72. The molecule has 3 heterocycles. The van der Waals surface area contributed by atoms with Crippen LogP contribution in [0.25, 0.3) is 16.6 Å². The second kappa shape index (κ2) is 13.7. The molecule has 0 radical (unpaired) electrons. The van der Waals surface area contributed by atoms with Crippen molar-refractivity contribution in [3.63, 3.8) is 0 Å². The van der Waals surface area contributed by atoms with Crippen molar-refractivity contribution in [2.75, 3.05) is 46.6 Å².